The van der Waals surface area contributed by atoms with Crippen molar-refractivity contribution in [3.05, 3.63) is 46.8 Å². The molecule has 2 rings (SSSR count). The third-order valence-corrected chi connectivity index (χ3v) is 3.14. The second kappa shape index (κ2) is 4.99. The summed E-state index contributed by atoms with van der Waals surface area (Å²) in [5, 5.41) is 18.2. The van der Waals surface area contributed by atoms with Gasteiger partial charge in [0.15, 0.2) is 0 Å². The molecule has 4 nitrogen and oxygen atoms in total. The number of carboxylic acids is 1. The maximum Gasteiger partial charge on any atom is 0.338 e. The fourth-order valence-corrected chi connectivity index (χ4v) is 2.26. The molecule has 2 aromatic rings. The van der Waals surface area contributed by atoms with Crippen LogP contribution in [-0.2, 0) is 6.42 Å². The molecule has 0 radical (unpaired) electrons. The number of carboxylic acid groups (broad SMARTS) is 1. The molecular weight excluding hydrogens is 240 g/mol. The van der Waals surface area contributed by atoms with Crippen molar-refractivity contribution in [2.24, 2.45) is 0 Å². The van der Waals surface area contributed by atoms with Crippen molar-refractivity contribution >= 4 is 5.97 Å². The van der Waals surface area contributed by atoms with Crippen molar-refractivity contribution in [3.63, 3.8) is 0 Å². The Labute approximate surface area is 111 Å². The predicted molar refractivity (Wildman–Crippen MR) is 72.0 cm³/mol. The van der Waals surface area contributed by atoms with E-state index in [1.54, 1.807) is 24.3 Å². The van der Waals surface area contributed by atoms with Gasteiger partial charge in [0.25, 0.3) is 0 Å². The Balaban J connectivity index is 2.64. The summed E-state index contributed by atoms with van der Waals surface area (Å²) in [6, 6.07) is 8.99. The highest BCUT2D eigenvalue weighted by molar-refractivity contribution is 5.98. The van der Waals surface area contributed by atoms with Gasteiger partial charge in [-0.05, 0) is 31.0 Å². The summed E-state index contributed by atoms with van der Waals surface area (Å²) >= 11 is 0. The largest absolute Gasteiger partial charge is 0.478 e. The van der Waals surface area contributed by atoms with Crippen molar-refractivity contribution < 1.29 is 9.90 Å². The average molecular weight is 254 g/mol. The molecule has 96 valence electrons. The van der Waals surface area contributed by atoms with Gasteiger partial charge in [-0.25, -0.2) is 4.79 Å². The van der Waals surface area contributed by atoms with Crippen molar-refractivity contribution in [1.29, 1.82) is 5.26 Å². The lowest BCUT2D eigenvalue weighted by molar-refractivity contribution is 0.0696. The summed E-state index contributed by atoms with van der Waals surface area (Å²) in [5.74, 6) is -0.930. The van der Waals surface area contributed by atoms with Gasteiger partial charge in [-0.1, -0.05) is 19.1 Å². The molecule has 19 heavy (non-hydrogen) atoms. The second-order valence-corrected chi connectivity index (χ2v) is 4.33. The second-order valence-electron chi connectivity index (χ2n) is 4.33. The standard InChI is InChI=1S/C15H14N2O2/c1-3-12-14(15(18)19)13(9(2)17-12)11-6-4-10(8-16)5-7-11/h4-7,17H,3H2,1-2H3,(H,18,19). The van der Waals surface area contributed by atoms with E-state index < -0.39 is 5.97 Å². The van der Waals surface area contributed by atoms with Gasteiger partial charge in [0.05, 0.1) is 17.2 Å². The van der Waals surface area contributed by atoms with Crippen LogP contribution in [0.4, 0.5) is 0 Å². The molecule has 0 aliphatic heterocycles. The van der Waals surface area contributed by atoms with Crippen molar-refractivity contribution in [2.45, 2.75) is 20.3 Å². The maximum absolute atomic E-state index is 11.4. The van der Waals surface area contributed by atoms with E-state index in [9.17, 15) is 9.90 Å². The van der Waals surface area contributed by atoms with Crippen LogP contribution in [0, 0.1) is 18.3 Å². The molecule has 2 N–H and O–H groups in total. The van der Waals surface area contributed by atoms with Crippen LogP contribution >= 0.6 is 0 Å². The molecule has 0 fully saturated rings. The molecule has 1 aromatic carbocycles. The smallest absolute Gasteiger partial charge is 0.338 e. The molecule has 0 bridgehead atoms. The van der Waals surface area contributed by atoms with Crippen LogP contribution in [0.25, 0.3) is 11.1 Å². The molecular formula is C15H14N2O2. The number of nitrogens with one attached hydrogen (secondary N) is 1. The van der Waals surface area contributed by atoms with Crippen LogP contribution in [0.1, 0.15) is 34.2 Å². The Morgan fingerprint density at radius 3 is 2.47 bits per heavy atom. The summed E-state index contributed by atoms with van der Waals surface area (Å²) < 4.78 is 0. The van der Waals surface area contributed by atoms with E-state index in [1.165, 1.54) is 0 Å². The molecule has 0 amide bonds. The number of aromatic nitrogens is 1. The minimum Gasteiger partial charge on any atom is -0.478 e. The minimum absolute atomic E-state index is 0.324. The Morgan fingerprint density at radius 1 is 1.37 bits per heavy atom. The number of aromatic carboxylic acids is 1. The zero-order valence-electron chi connectivity index (χ0n) is 10.8. The summed E-state index contributed by atoms with van der Waals surface area (Å²) in [7, 11) is 0. The molecule has 1 aromatic heterocycles. The zero-order chi connectivity index (χ0) is 14.0. The third-order valence-electron chi connectivity index (χ3n) is 3.14. The van der Waals surface area contributed by atoms with Gasteiger partial charge in [0, 0.05) is 17.0 Å². The van der Waals surface area contributed by atoms with Gasteiger partial charge in [0.1, 0.15) is 0 Å². The van der Waals surface area contributed by atoms with Gasteiger partial charge in [-0.2, -0.15) is 5.26 Å². The van der Waals surface area contributed by atoms with Crippen LogP contribution in [-0.4, -0.2) is 16.1 Å². The first kappa shape index (κ1) is 12.9. The lowest BCUT2D eigenvalue weighted by atomic mass is 9.99. The first-order chi connectivity index (χ1) is 9.08. The van der Waals surface area contributed by atoms with E-state index in [4.69, 9.17) is 5.26 Å². The summed E-state index contributed by atoms with van der Waals surface area (Å²) in [5.41, 5.74) is 3.95. The first-order valence-electron chi connectivity index (χ1n) is 6.03. The SMILES string of the molecule is CCc1[nH]c(C)c(-c2ccc(C#N)cc2)c1C(=O)O. The molecule has 0 aliphatic rings. The van der Waals surface area contributed by atoms with Crippen molar-refractivity contribution in [3.8, 4) is 17.2 Å². The Morgan fingerprint density at radius 2 is 2.00 bits per heavy atom. The average Bonchev–Trinajstić information content (AvgIpc) is 2.76. The molecule has 0 aliphatic carbocycles. The lowest BCUT2D eigenvalue weighted by Gasteiger charge is -2.04. The zero-order valence-corrected chi connectivity index (χ0v) is 10.8. The van der Waals surface area contributed by atoms with E-state index in [-0.39, 0.29) is 0 Å². The van der Waals surface area contributed by atoms with E-state index in [2.05, 4.69) is 4.98 Å². The molecule has 4 heteroatoms. The number of carbonyl (C=O) groups is 1. The molecule has 0 atom stereocenters. The van der Waals surface area contributed by atoms with E-state index >= 15 is 0 Å². The number of nitriles is 1. The molecule has 0 unspecified atom stereocenters. The van der Waals surface area contributed by atoms with Crippen LogP contribution in [0.5, 0.6) is 0 Å². The van der Waals surface area contributed by atoms with Gasteiger partial charge in [0.2, 0.25) is 0 Å². The van der Waals surface area contributed by atoms with Crippen LogP contribution in [0.15, 0.2) is 24.3 Å². The van der Waals surface area contributed by atoms with Crippen LogP contribution in [0.2, 0.25) is 0 Å². The number of rotatable bonds is 3. The Hall–Kier alpha value is -2.54. The first-order valence-corrected chi connectivity index (χ1v) is 6.03. The number of nitrogens with zero attached hydrogens (tertiary/aromatic N) is 1. The minimum atomic E-state index is -0.930. The summed E-state index contributed by atoms with van der Waals surface area (Å²) in [4.78, 5) is 14.6. The number of benzene rings is 1. The quantitative estimate of drug-likeness (QED) is 0.883. The summed E-state index contributed by atoms with van der Waals surface area (Å²) in [6.07, 6.45) is 0.638. The Bertz CT molecular complexity index is 661. The van der Waals surface area contributed by atoms with Crippen molar-refractivity contribution in [2.75, 3.05) is 0 Å². The van der Waals surface area contributed by atoms with E-state index in [0.29, 0.717) is 23.1 Å². The van der Waals surface area contributed by atoms with Gasteiger partial charge < -0.3 is 10.1 Å². The number of hydrogen-bond donors (Lipinski definition) is 2. The lowest BCUT2D eigenvalue weighted by Crippen LogP contribution is -2.01. The Kier molecular flexibility index (Phi) is 3.39. The van der Waals surface area contributed by atoms with Gasteiger partial charge in [-0.3, -0.25) is 0 Å². The predicted octanol–water partition coefficient (Wildman–Crippen LogP) is 3.12. The number of H-pyrrole nitrogens is 1. The van der Waals surface area contributed by atoms with Crippen molar-refractivity contribution in [1.82, 2.24) is 4.98 Å². The topological polar surface area (TPSA) is 76.9 Å². The third kappa shape index (κ3) is 2.23. The van der Waals surface area contributed by atoms with E-state index in [1.807, 2.05) is 19.9 Å². The monoisotopic (exact) mass is 254 g/mol. The molecule has 0 saturated carbocycles. The number of aromatic amines is 1. The summed E-state index contributed by atoms with van der Waals surface area (Å²) in [6.45, 7) is 3.78. The fraction of sp³-hybridized carbons (Fsp3) is 0.200. The highest BCUT2D eigenvalue weighted by Gasteiger charge is 2.20. The molecule has 0 saturated heterocycles. The number of aryl methyl sites for hydroxylation is 2. The normalized spacial score (nSPS) is 10.2. The molecule has 1 heterocycles. The van der Waals surface area contributed by atoms with Crippen LogP contribution in [0.3, 0.4) is 0 Å². The van der Waals surface area contributed by atoms with Gasteiger partial charge >= 0.3 is 5.97 Å². The highest BCUT2D eigenvalue weighted by Crippen LogP contribution is 2.30. The van der Waals surface area contributed by atoms with Gasteiger partial charge in [-0.15, -0.1) is 0 Å². The molecule has 0 spiro atoms. The maximum atomic E-state index is 11.4. The van der Waals surface area contributed by atoms with Crippen LogP contribution < -0.4 is 0 Å². The fourth-order valence-electron chi connectivity index (χ4n) is 2.26. The number of hydrogen-bond acceptors (Lipinski definition) is 2. The van der Waals surface area contributed by atoms with E-state index in [0.717, 1.165) is 17.0 Å². The highest BCUT2D eigenvalue weighted by atomic mass is 16.4.